The predicted molar refractivity (Wildman–Crippen MR) is 74.9 cm³/mol. The molecule has 1 saturated heterocycles. The molecule has 0 unspecified atom stereocenters. The lowest BCUT2D eigenvalue weighted by molar-refractivity contribution is 0.0903. The van der Waals surface area contributed by atoms with Gasteiger partial charge in [-0.25, -0.2) is 0 Å². The molecule has 18 heavy (non-hydrogen) atoms. The molecule has 1 aromatic rings. The van der Waals surface area contributed by atoms with Gasteiger partial charge in [0.1, 0.15) is 4.99 Å². The molecule has 0 aromatic carbocycles. The average molecular weight is 266 g/mol. The van der Waals surface area contributed by atoms with Crippen molar-refractivity contribution in [1.82, 2.24) is 10.2 Å². The van der Waals surface area contributed by atoms with Crippen LogP contribution in [-0.4, -0.2) is 34.4 Å². The molecule has 2 heterocycles. The number of thiocarbonyl (C=S) groups is 1. The highest BCUT2D eigenvalue weighted by atomic mass is 32.1. The van der Waals surface area contributed by atoms with E-state index in [1.54, 1.807) is 0 Å². The Morgan fingerprint density at radius 2 is 2.00 bits per heavy atom. The second-order valence-electron chi connectivity index (χ2n) is 4.53. The van der Waals surface area contributed by atoms with E-state index in [4.69, 9.17) is 22.7 Å². The van der Waals surface area contributed by atoms with Crippen molar-refractivity contribution in [3.63, 3.8) is 0 Å². The van der Waals surface area contributed by atoms with Gasteiger partial charge in [0, 0.05) is 19.3 Å². The molecule has 0 spiro atoms. The van der Waals surface area contributed by atoms with E-state index in [0.717, 1.165) is 42.9 Å². The third-order valence-corrected chi connectivity index (χ3v) is 3.47. The van der Waals surface area contributed by atoms with E-state index in [1.165, 1.54) is 0 Å². The summed E-state index contributed by atoms with van der Waals surface area (Å²) in [5.74, 6) is 0.692. The van der Waals surface area contributed by atoms with E-state index >= 15 is 0 Å². The number of anilines is 1. The number of aromatic nitrogens is 2. The smallest absolute Gasteiger partial charge is 0.159 e. The van der Waals surface area contributed by atoms with Gasteiger partial charge in [0.15, 0.2) is 5.82 Å². The number of nitrogens with two attached hydrogens (primary N) is 1. The monoisotopic (exact) mass is 266 g/mol. The first-order valence-corrected chi connectivity index (χ1v) is 6.48. The van der Waals surface area contributed by atoms with Crippen LogP contribution in [0.2, 0.25) is 0 Å². The van der Waals surface area contributed by atoms with Crippen LogP contribution in [0.5, 0.6) is 0 Å². The summed E-state index contributed by atoms with van der Waals surface area (Å²) in [6.07, 6.45) is 1.93. The van der Waals surface area contributed by atoms with Crippen LogP contribution in [0.1, 0.15) is 29.7 Å². The van der Waals surface area contributed by atoms with Gasteiger partial charge in [-0.15, -0.1) is 5.10 Å². The first kappa shape index (κ1) is 13.2. The fourth-order valence-corrected chi connectivity index (χ4v) is 2.30. The number of rotatable bonds is 3. The molecule has 0 atom stereocenters. The Balaban J connectivity index is 2.26. The van der Waals surface area contributed by atoms with E-state index in [1.807, 2.05) is 13.8 Å². The van der Waals surface area contributed by atoms with Crippen LogP contribution < -0.4 is 11.1 Å². The summed E-state index contributed by atoms with van der Waals surface area (Å²) in [7, 11) is 0. The van der Waals surface area contributed by atoms with Gasteiger partial charge in [0.25, 0.3) is 0 Å². The molecule has 1 aromatic heterocycles. The highest BCUT2D eigenvalue weighted by Gasteiger charge is 2.19. The Morgan fingerprint density at radius 1 is 1.33 bits per heavy atom. The summed E-state index contributed by atoms with van der Waals surface area (Å²) in [4.78, 5) is 0.361. The van der Waals surface area contributed by atoms with E-state index < -0.39 is 0 Å². The summed E-state index contributed by atoms with van der Waals surface area (Å²) >= 11 is 5.11. The molecule has 2 rings (SSSR count). The van der Waals surface area contributed by atoms with Crippen LogP contribution in [-0.2, 0) is 4.74 Å². The number of nitrogens with zero attached hydrogens (tertiary/aromatic N) is 2. The Bertz CT molecular complexity index is 458. The molecular weight excluding hydrogens is 248 g/mol. The Hall–Kier alpha value is -1.27. The zero-order chi connectivity index (χ0) is 13.1. The molecule has 0 saturated carbocycles. The number of aryl methyl sites for hydroxylation is 1. The van der Waals surface area contributed by atoms with Crippen molar-refractivity contribution in [1.29, 1.82) is 0 Å². The van der Waals surface area contributed by atoms with Crippen LogP contribution in [0.4, 0.5) is 5.82 Å². The molecule has 5 nitrogen and oxygen atoms in total. The quantitative estimate of drug-likeness (QED) is 0.804. The SMILES string of the molecule is Cc1nnc(NC2CCOCC2)c(C(N)=S)c1C. The van der Waals surface area contributed by atoms with E-state index in [2.05, 4.69) is 15.5 Å². The Labute approximate surface area is 112 Å². The maximum atomic E-state index is 5.79. The highest BCUT2D eigenvalue weighted by molar-refractivity contribution is 7.80. The van der Waals surface area contributed by atoms with Crippen LogP contribution in [0.25, 0.3) is 0 Å². The molecule has 1 aliphatic heterocycles. The van der Waals surface area contributed by atoms with Crippen molar-refractivity contribution < 1.29 is 4.74 Å². The molecule has 3 N–H and O–H groups in total. The average Bonchev–Trinajstić information content (AvgIpc) is 2.35. The van der Waals surface area contributed by atoms with Crippen LogP contribution >= 0.6 is 12.2 Å². The summed E-state index contributed by atoms with van der Waals surface area (Å²) in [6.45, 7) is 5.42. The van der Waals surface area contributed by atoms with Gasteiger partial charge < -0.3 is 15.8 Å². The Morgan fingerprint density at radius 3 is 2.61 bits per heavy atom. The van der Waals surface area contributed by atoms with Gasteiger partial charge in [-0.3, -0.25) is 0 Å². The minimum absolute atomic E-state index is 0.350. The maximum absolute atomic E-state index is 5.79. The summed E-state index contributed by atoms with van der Waals surface area (Å²) in [6, 6.07) is 0.350. The van der Waals surface area contributed by atoms with Gasteiger partial charge >= 0.3 is 0 Å². The first-order valence-electron chi connectivity index (χ1n) is 6.07. The topological polar surface area (TPSA) is 73.1 Å². The molecule has 98 valence electrons. The Kier molecular flexibility index (Phi) is 4.08. The van der Waals surface area contributed by atoms with Crippen molar-refractivity contribution in [2.24, 2.45) is 5.73 Å². The fraction of sp³-hybridized carbons (Fsp3) is 0.583. The minimum atomic E-state index is 0.350. The highest BCUT2D eigenvalue weighted by Crippen LogP contribution is 2.21. The molecule has 1 fully saturated rings. The lowest BCUT2D eigenvalue weighted by Crippen LogP contribution is -2.30. The van der Waals surface area contributed by atoms with E-state index in [-0.39, 0.29) is 0 Å². The third kappa shape index (κ3) is 2.76. The van der Waals surface area contributed by atoms with Crippen LogP contribution in [0, 0.1) is 13.8 Å². The van der Waals surface area contributed by atoms with E-state index in [9.17, 15) is 0 Å². The second kappa shape index (κ2) is 5.58. The van der Waals surface area contributed by atoms with Crippen molar-refractivity contribution in [3.05, 3.63) is 16.8 Å². The minimum Gasteiger partial charge on any atom is -0.389 e. The summed E-state index contributed by atoms with van der Waals surface area (Å²) in [5, 5.41) is 11.7. The van der Waals surface area contributed by atoms with Crippen LogP contribution in [0.3, 0.4) is 0 Å². The van der Waals surface area contributed by atoms with Gasteiger partial charge in [0.05, 0.1) is 11.3 Å². The maximum Gasteiger partial charge on any atom is 0.159 e. The fourth-order valence-electron chi connectivity index (χ4n) is 2.05. The summed E-state index contributed by atoms with van der Waals surface area (Å²) < 4.78 is 5.33. The number of hydrogen-bond acceptors (Lipinski definition) is 5. The normalized spacial score (nSPS) is 16.6. The molecule has 0 bridgehead atoms. The van der Waals surface area contributed by atoms with Crippen molar-refractivity contribution >= 4 is 23.0 Å². The molecule has 0 amide bonds. The lowest BCUT2D eigenvalue weighted by Gasteiger charge is -2.24. The van der Waals surface area contributed by atoms with Crippen LogP contribution in [0.15, 0.2) is 0 Å². The molecule has 1 aliphatic rings. The zero-order valence-electron chi connectivity index (χ0n) is 10.7. The second-order valence-corrected chi connectivity index (χ2v) is 4.97. The molecule has 0 aliphatic carbocycles. The number of hydrogen-bond donors (Lipinski definition) is 2. The first-order chi connectivity index (χ1) is 8.59. The van der Waals surface area contributed by atoms with Crippen molar-refractivity contribution in [3.8, 4) is 0 Å². The summed E-state index contributed by atoms with van der Waals surface area (Å²) in [5.41, 5.74) is 8.45. The largest absolute Gasteiger partial charge is 0.389 e. The third-order valence-electron chi connectivity index (χ3n) is 3.26. The molecule has 6 heteroatoms. The zero-order valence-corrected chi connectivity index (χ0v) is 11.5. The van der Waals surface area contributed by atoms with Crippen molar-refractivity contribution in [2.45, 2.75) is 32.7 Å². The van der Waals surface area contributed by atoms with Gasteiger partial charge in [0.2, 0.25) is 0 Å². The standard InChI is InChI=1S/C12H18N4OS/c1-7-8(2)15-16-12(10(7)11(13)18)14-9-3-5-17-6-4-9/h9H,3-6H2,1-2H3,(H2,13,18)(H,14,16). The molecular formula is C12H18N4OS. The number of nitrogens with one attached hydrogen (secondary N) is 1. The molecule has 0 radical (unpaired) electrons. The van der Waals surface area contributed by atoms with Crippen molar-refractivity contribution in [2.75, 3.05) is 18.5 Å². The number of ether oxygens (including phenoxy) is 1. The predicted octanol–water partition coefficient (Wildman–Crippen LogP) is 1.32. The van der Waals surface area contributed by atoms with Gasteiger partial charge in [-0.2, -0.15) is 5.10 Å². The van der Waals surface area contributed by atoms with Gasteiger partial charge in [-0.1, -0.05) is 12.2 Å². The van der Waals surface area contributed by atoms with Gasteiger partial charge in [-0.05, 0) is 32.3 Å². The van der Waals surface area contributed by atoms with E-state index in [0.29, 0.717) is 16.8 Å². The lowest BCUT2D eigenvalue weighted by atomic mass is 10.1.